The first-order chi connectivity index (χ1) is 21.6. The van der Waals surface area contributed by atoms with Gasteiger partial charge in [-0.15, -0.1) is 0 Å². The van der Waals surface area contributed by atoms with Crippen molar-refractivity contribution < 1.29 is 18.0 Å². The minimum atomic E-state index is -4.19. The van der Waals surface area contributed by atoms with Gasteiger partial charge < -0.3 is 10.2 Å². The van der Waals surface area contributed by atoms with Crippen LogP contribution in [0.1, 0.15) is 36.5 Å². The van der Waals surface area contributed by atoms with Gasteiger partial charge in [-0.3, -0.25) is 13.9 Å². The number of sulfonamides is 1. The third-order valence-corrected chi connectivity index (χ3v) is 9.66. The molecule has 0 aliphatic rings. The molecule has 45 heavy (non-hydrogen) atoms. The van der Waals surface area contributed by atoms with E-state index in [0.717, 1.165) is 33.8 Å². The maximum Gasteiger partial charge on any atom is 0.264 e. The van der Waals surface area contributed by atoms with Crippen LogP contribution in [0.2, 0.25) is 10.0 Å². The summed E-state index contributed by atoms with van der Waals surface area (Å²) < 4.78 is 29.2. The summed E-state index contributed by atoms with van der Waals surface area (Å²) in [6.45, 7) is 3.88. The second-order valence-corrected chi connectivity index (χ2v) is 13.5. The number of benzene rings is 4. The van der Waals surface area contributed by atoms with Crippen LogP contribution >= 0.6 is 23.2 Å². The largest absolute Gasteiger partial charge is 0.354 e. The number of halogens is 2. The molecule has 0 aliphatic heterocycles. The topological polar surface area (TPSA) is 86.8 Å². The average molecular weight is 667 g/mol. The van der Waals surface area contributed by atoms with E-state index >= 15 is 0 Å². The molecule has 236 valence electrons. The molecule has 0 heterocycles. The second-order valence-electron chi connectivity index (χ2n) is 10.8. The first-order valence-electron chi connectivity index (χ1n) is 14.8. The smallest absolute Gasteiger partial charge is 0.264 e. The van der Waals surface area contributed by atoms with Gasteiger partial charge in [-0.25, -0.2) is 8.42 Å². The van der Waals surface area contributed by atoms with Crippen molar-refractivity contribution in [2.75, 3.05) is 17.4 Å². The normalized spacial score (nSPS) is 11.9. The van der Waals surface area contributed by atoms with Crippen LogP contribution in [-0.4, -0.2) is 44.3 Å². The van der Waals surface area contributed by atoms with E-state index < -0.39 is 28.5 Å². The zero-order valence-electron chi connectivity index (χ0n) is 25.3. The molecule has 0 fully saturated rings. The predicted octanol–water partition coefficient (Wildman–Crippen LogP) is 7.05. The van der Waals surface area contributed by atoms with Gasteiger partial charge in [0.05, 0.1) is 10.6 Å². The van der Waals surface area contributed by atoms with E-state index in [2.05, 4.69) is 5.32 Å². The van der Waals surface area contributed by atoms with Crippen LogP contribution in [-0.2, 0) is 32.6 Å². The second kappa shape index (κ2) is 15.9. The SMILES string of the molecule is CCCCNC(=O)[C@@H](Cc1ccccc1)N(Cc1ccc(Cl)cc1)C(=O)CN(c1ccc(Cl)cc1)S(=O)(=O)c1ccc(C)cc1. The lowest BCUT2D eigenvalue weighted by Crippen LogP contribution is -2.53. The van der Waals surface area contributed by atoms with Gasteiger partial charge >= 0.3 is 0 Å². The van der Waals surface area contributed by atoms with Crippen LogP contribution < -0.4 is 9.62 Å². The Balaban J connectivity index is 1.78. The minimum Gasteiger partial charge on any atom is -0.354 e. The number of anilines is 1. The highest BCUT2D eigenvalue weighted by molar-refractivity contribution is 7.92. The van der Waals surface area contributed by atoms with Gasteiger partial charge in [0, 0.05) is 29.6 Å². The lowest BCUT2D eigenvalue weighted by atomic mass is 10.0. The Bertz CT molecular complexity index is 1670. The molecule has 4 rings (SSSR count). The lowest BCUT2D eigenvalue weighted by molar-refractivity contribution is -0.140. The van der Waals surface area contributed by atoms with E-state index in [0.29, 0.717) is 16.6 Å². The predicted molar refractivity (Wildman–Crippen MR) is 181 cm³/mol. The van der Waals surface area contributed by atoms with Crippen LogP contribution in [0, 0.1) is 6.92 Å². The van der Waals surface area contributed by atoms with Crippen LogP contribution in [0.3, 0.4) is 0 Å². The number of nitrogens with one attached hydrogen (secondary N) is 1. The third kappa shape index (κ3) is 9.33. The van der Waals surface area contributed by atoms with E-state index in [1.54, 1.807) is 60.7 Å². The Morgan fingerprint density at radius 3 is 2.00 bits per heavy atom. The molecule has 0 aromatic heterocycles. The Kier molecular flexibility index (Phi) is 12.0. The van der Waals surface area contributed by atoms with Gasteiger partial charge in [-0.05, 0) is 73.0 Å². The summed E-state index contributed by atoms with van der Waals surface area (Å²) in [6, 6.07) is 28.3. The number of amides is 2. The Morgan fingerprint density at radius 2 is 1.40 bits per heavy atom. The van der Waals surface area contributed by atoms with Crippen molar-refractivity contribution in [3.8, 4) is 0 Å². The fourth-order valence-corrected chi connectivity index (χ4v) is 6.49. The van der Waals surface area contributed by atoms with E-state index in [1.807, 2.05) is 44.2 Å². The lowest BCUT2D eigenvalue weighted by Gasteiger charge is -2.34. The maximum atomic E-state index is 14.5. The summed E-state index contributed by atoms with van der Waals surface area (Å²) in [7, 11) is -4.19. The van der Waals surface area contributed by atoms with Crippen molar-refractivity contribution in [1.82, 2.24) is 10.2 Å². The number of carbonyl (C=O) groups excluding carboxylic acids is 2. The van der Waals surface area contributed by atoms with Crippen molar-refractivity contribution >= 4 is 50.7 Å². The molecule has 1 atom stereocenters. The molecule has 0 saturated heterocycles. The molecule has 0 bridgehead atoms. The van der Waals surface area contributed by atoms with Crippen molar-refractivity contribution in [1.29, 1.82) is 0 Å². The van der Waals surface area contributed by atoms with Crippen molar-refractivity contribution in [2.24, 2.45) is 0 Å². The summed E-state index contributed by atoms with van der Waals surface area (Å²) in [6.07, 6.45) is 1.92. The zero-order chi connectivity index (χ0) is 32.4. The molecule has 2 amide bonds. The van der Waals surface area contributed by atoms with Gasteiger partial charge in [0.15, 0.2) is 0 Å². The molecular weight excluding hydrogens is 629 g/mol. The van der Waals surface area contributed by atoms with Crippen molar-refractivity contribution in [3.63, 3.8) is 0 Å². The van der Waals surface area contributed by atoms with Gasteiger partial charge in [-0.2, -0.15) is 0 Å². The number of aryl methyl sites for hydroxylation is 1. The van der Waals surface area contributed by atoms with E-state index in [9.17, 15) is 18.0 Å². The van der Waals surface area contributed by atoms with Gasteiger partial charge in [0.2, 0.25) is 11.8 Å². The van der Waals surface area contributed by atoms with Gasteiger partial charge in [-0.1, -0.05) is 96.7 Å². The molecule has 0 aliphatic carbocycles. The van der Waals surface area contributed by atoms with Crippen molar-refractivity contribution in [3.05, 3.63) is 130 Å². The number of hydrogen-bond donors (Lipinski definition) is 1. The molecule has 0 radical (unpaired) electrons. The van der Waals surface area contributed by atoms with E-state index in [4.69, 9.17) is 23.2 Å². The first kappa shape index (κ1) is 34.0. The van der Waals surface area contributed by atoms with Gasteiger partial charge in [0.1, 0.15) is 12.6 Å². The molecular formula is C35H37Cl2N3O4S. The molecule has 4 aromatic carbocycles. The Morgan fingerprint density at radius 1 is 0.800 bits per heavy atom. The molecule has 1 N–H and O–H groups in total. The monoisotopic (exact) mass is 665 g/mol. The summed E-state index contributed by atoms with van der Waals surface area (Å²) in [5.41, 5.74) is 2.78. The highest BCUT2D eigenvalue weighted by Crippen LogP contribution is 2.27. The summed E-state index contributed by atoms with van der Waals surface area (Å²) in [5.74, 6) is -0.851. The van der Waals surface area contributed by atoms with Crippen molar-refractivity contribution in [2.45, 2.75) is 50.6 Å². The summed E-state index contributed by atoms with van der Waals surface area (Å²) >= 11 is 12.3. The van der Waals surface area contributed by atoms with Crippen LogP contribution in [0.5, 0.6) is 0 Å². The summed E-state index contributed by atoms with van der Waals surface area (Å²) in [5, 5.41) is 3.95. The molecule has 7 nitrogen and oxygen atoms in total. The molecule has 0 spiro atoms. The van der Waals surface area contributed by atoms with Crippen LogP contribution in [0.4, 0.5) is 5.69 Å². The zero-order valence-corrected chi connectivity index (χ0v) is 27.7. The average Bonchev–Trinajstić information content (AvgIpc) is 3.03. The quantitative estimate of drug-likeness (QED) is 0.146. The first-order valence-corrected chi connectivity index (χ1v) is 17.0. The van der Waals surface area contributed by atoms with Crippen LogP contribution in [0.15, 0.2) is 108 Å². The van der Waals surface area contributed by atoms with Gasteiger partial charge in [0.25, 0.3) is 10.0 Å². The minimum absolute atomic E-state index is 0.0400. The van der Waals surface area contributed by atoms with Crippen LogP contribution in [0.25, 0.3) is 0 Å². The highest BCUT2D eigenvalue weighted by Gasteiger charge is 2.34. The highest BCUT2D eigenvalue weighted by atomic mass is 35.5. The number of unbranched alkanes of at least 4 members (excludes halogenated alkanes) is 1. The maximum absolute atomic E-state index is 14.5. The number of nitrogens with zero attached hydrogens (tertiary/aromatic N) is 2. The molecule has 4 aromatic rings. The third-order valence-electron chi connectivity index (χ3n) is 7.37. The fraction of sp³-hybridized carbons (Fsp3) is 0.257. The summed E-state index contributed by atoms with van der Waals surface area (Å²) in [4.78, 5) is 29.7. The molecule has 0 unspecified atom stereocenters. The Labute approximate surface area is 275 Å². The molecule has 10 heteroatoms. The molecule has 0 saturated carbocycles. The standard InChI is InChI=1S/C35H37Cl2N3O4S/c1-3-4-22-38-35(42)33(23-27-8-6-5-7-9-27)39(24-28-12-14-29(36)15-13-28)34(41)25-40(31-18-16-30(37)17-19-31)45(43,44)32-20-10-26(2)11-21-32/h5-21,33H,3-4,22-25H2,1-2H3,(H,38,42)/t33-/m1/s1. The Hall–Kier alpha value is -3.85. The number of hydrogen-bond acceptors (Lipinski definition) is 4. The fourth-order valence-electron chi connectivity index (χ4n) is 4.82. The van der Waals surface area contributed by atoms with E-state index in [-0.39, 0.29) is 29.5 Å². The number of carbonyl (C=O) groups is 2. The number of rotatable bonds is 14. The van der Waals surface area contributed by atoms with E-state index in [1.165, 1.54) is 17.0 Å².